The van der Waals surface area contributed by atoms with Crippen molar-refractivity contribution in [2.45, 2.75) is 25.4 Å². The maximum Gasteiger partial charge on any atom is 0.416 e. The Morgan fingerprint density at radius 2 is 1.84 bits per heavy atom. The van der Waals surface area contributed by atoms with E-state index < -0.39 is 24.1 Å². The number of hydrogen-bond acceptors (Lipinski definition) is 2. The van der Waals surface area contributed by atoms with Gasteiger partial charge in [-0.05, 0) is 25.0 Å². The number of nitrogens with zero attached hydrogens (tertiary/aromatic N) is 2. The average molecular weight is 280 g/mol. The van der Waals surface area contributed by atoms with Crippen molar-refractivity contribution in [1.29, 1.82) is 0 Å². The Morgan fingerprint density at radius 3 is 2.37 bits per heavy atom. The second-order valence-electron chi connectivity index (χ2n) is 4.56. The highest BCUT2D eigenvalue weighted by atomic mass is 19.4. The molecule has 1 fully saturated rings. The van der Waals surface area contributed by atoms with Crippen molar-refractivity contribution in [1.82, 2.24) is 4.98 Å². The van der Waals surface area contributed by atoms with Gasteiger partial charge in [-0.15, -0.1) is 0 Å². The molecule has 0 aliphatic carbocycles. The normalized spacial score (nSPS) is 18.1. The summed E-state index contributed by atoms with van der Waals surface area (Å²) in [5.74, 6) is -0.468. The molecule has 0 aromatic carbocycles. The van der Waals surface area contributed by atoms with Gasteiger partial charge in [-0.1, -0.05) is 0 Å². The van der Waals surface area contributed by atoms with Crippen molar-refractivity contribution < 1.29 is 22.0 Å². The zero-order valence-corrected chi connectivity index (χ0v) is 10.00. The molecule has 1 aliphatic heterocycles. The molecule has 2 nitrogen and oxygen atoms in total. The van der Waals surface area contributed by atoms with E-state index >= 15 is 0 Å². The molecule has 0 atom stereocenters. The van der Waals surface area contributed by atoms with Crippen LogP contribution < -0.4 is 4.90 Å². The van der Waals surface area contributed by atoms with Crippen LogP contribution in [0, 0.1) is 5.92 Å². The summed E-state index contributed by atoms with van der Waals surface area (Å²) in [5, 5.41) is 0. The first-order valence-corrected chi connectivity index (χ1v) is 5.94. The quantitative estimate of drug-likeness (QED) is 0.770. The van der Waals surface area contributed by atoms with Crippen molar-refractivity contribution in [2.24, 2.45) is 5.92 Å². The van der Waals surface area contributed by atoms with E-state index in [1.807, 2.05) is 0 Å². The van der Waals surface area contributed by atoms with E-state index in [0.29, 0.717) is 13.1 Å². The van der Waals surface area contributed by atoms with Crippen LogP contribution >= 0.6 is 0 Å². The van der Waals surface area contributed by atoms with Crippen LogP contribution in [0.4, 0.5) is 27.8 Å². The molecule has 0 bridgehead atoms. The summed E-state index contributed by atoms with van der Waals surface area (Å²) in [5.41, 5.74) is -0.770. The Bertz CT molecular complexity index is 424. The molecule has 106 valence electrons. The number of anilines is 1. The molecular formula is C12H13F5N2. The molecule has 19 heavy (non-hydrogen) atoms. The third kappa shape index (κ3) is 3.33. The Morgan fingerprint density at radius 1 is 1.21 bits per heavy atom. The number of aromatic nitrogens is 1. The first kappa shape index (κ1) is 14.0. The Labute approximate surface area is 107 Å². The van der Waals surface area contributed by atoms with Gasteiger partial charge in [0.2, 0.25) is 6.43 Å². The van der Waals surface area contributed by atoms with E-state index in [2.05, 4.69) is 4.98 Å². The van der Waals surface area contributed by atoms with Crippen LogP contribution in [0.3, 0.4) is 0 Å². The van der Waals surface area contributed by atoms with Crippen LogP contribution in [0.2, 0.25) is 0 Å². The predicted octanol–water partition coefficient (Wildman–Crippen LogP) is 3.58. The lowest BCUT2D eigenvalue weighted by Gasteiger charge is -2.32. The Kier molecular flexibility index (Phi) is 3.91. The highest BCUT2D eigenvalue weighted by Crippen LogP contribution is 2.32. The van der Waals surface area contributed by atoms with Crippen LogP contribution in [-0.4, -0.2) is 24.5 Å². The van der Waals surface area contributed by atoms with Crippen molar-refractivity contribution >= 4 is 5.82 Å². The summed E-state index contributed by atoms with van der Waals surface area (Å²) >= 11 is 0. The van der Waals surface area contributed by atoms with Gasteiger partial charge in [0.15, 0.2) is 0 Å². The molecule has 0 N–H and O–H groups in total. The summed E-state index contributed by atoms with van der Waals surface area (Å²) in [4.78, 5) is 5.50. The van der Waals surface area contributed by atoms with E-state index in [9.17, 15) is 22.0 Å². The van der Waals surface area contributed by atoms with Gasteiger partial charge in [-0.2, -0.15) is 13.2 Å². The van der Waals surface area contributed by atoms with Crippen LogP contribution in [-0.2, 0) is 6.18 Å². The lowest BCUT2D eigenvalue weighted by Crippen LogP contribution is -2.36. The smallest absolute Gasteiger partial charge is 0.357 e. The molecule has 7 heteroatoms. The number of hydrogen-bond donors (Lipinski definition) is 0. The van der Waals surface area contributed by atoms with Gasteiger partial charge in [-0.3, -0.25) is 0 Å². The van der Waals surface area contributed by atoms with Gasteiger partial charge < -0.3 is 4.90 Å². The van der Waals surface area contributed by atoms with Gasteiger partial charge >= 0.3 is 6.18 Å². The number of piperidine rings is 1. The number of pyridine rings is 1. The van der Waals surface area contributed by atoms with Crippen LogP contribution in [0.15, 0.2) is 18.3 Å². The van der Waals surface area contributed by atoms with Crippen molar-refractivity contribution in [2.75, 3.05) is 18.0 Å². The minimum atomic E-state index is -4.42. The van der Waals surface area contributed by atoms with Gasteiger partial charge in [-0.25, -0.2) is 13.8 Å². The molecule has 0 spiro atoms. The van der Waals surface area contributed by atoms with Crippen molar-refractivity contribution in [3.63, 3.8) is 0 Å². The number of rotatable bonds is 2. The van der Waals surface area contributed by atoms with E-state index in [1.54, 1.807) is 4.90 Å². The minimum absolute atomic E-state index is 0.197. The van der Waals surface area contributed by atoms with E-state index in [4.69, 9.17) is 0 Å². The lowest BCUT2D eigenvalue weighted by atomic mass is 9.97. The standard InChI is InChI=1S/C12H13F5N2/c13-11(14)8-2-5-19(6-3-8)10-7-9(1-4-18-10)12(15,16)17/h1,4,7-8,11H,2-3,5-6H2. The largest absolute Gasteiger partial charge is 0.416 e. The van der Waals surface area contributed by atoms with Crippen molar-refractivity contribution in [3.8, 4) is 0 Å². The zero-order valence-electron chi connectivity index (χ0n) is 10.00. The van der Waals surface area contributed by atoms with Crippen LogP contribution in [0.1, 0.15) is 18.4 Å². The summed E-state index contributed by atoms with van der Waals surface area (Å²) in [7, 11) is 0. The molecule has 1 aromatic heterocycles. The fourth-order valence-corrected chi connectivity index (χ4v) is 2.15. The molecule has 2 heterocycles. The summed E-state index contributed by atoms with van der Waals surface area (Å²) in [6.07, 6.45) is -5.14. The lowest BCUT2D eigenvalue weighted by molar-refractivity contribution is -0.137. The topological polar surface area (TPSA) is 16.1 Å². The summed E-state index contributed by atoms with van der Waals surface area (Å²) in [6.45, 7) is 0.618. The summed E-state index contributed by atoms with van der Waals surface area (Å²) in [6, 6.07) is 1.86. The fourth-order valence-electron chi connectivity index (χ4n) is 2.15. The minimum Gasteiger partial charge on any atom is -0.357 e. The molecule has 2 rings (SSSR count). The monoisotopic (exact) mass is 280 g/mol. The molecule has 0 radical (unpaired) electrons. The highest BCUT2D eigenvalue weighted by molar-refractivity contribution is 5.42. The zero-order chi connectivity index (χ0) is 14.0. The summed E-state index contributed by atoms with van der Waals surface area (Å²) < 4.78 is 62.6. The first-order chi connectivity index (χ1) is 8.88. The number of alkyl halides is 5. The Balaban J connectivity index is 2.08. The van der Waals surface area contributed by atoms with Gasteiger partial charge in [0.1, 0.15) is 5.82 Å². The van der Waals surface area contributed by atoms with E-state index in [-0.39, 0.29) is 18.7 Å². The fraction of sp³-hybridized carbons (Fsp3) is 0.583. The maximum absolute atomic E-state index is 12.6. The third-order valence-electron chi connectivity index (χ3n) is 3.29. The molecule has 0 unspecified atom stereocenters. The second kappa shape index (κ2) is 5.30. The number of halogens is 5. The molecule has 0 saturated carbocycles. The predicted molar refractivity (Wildman–Crippen MR) is 60.2 cm³/mol. The molecular weight excluding hydrogens is 267 g/mol. The Hall–Kier alpha value is -1.40. The van der Waals surface area contributed by atoms with Gasteiger partial charge in [0, 0.05) is 25.2 Å². The molecule has 1 saturated heterocycles. The molecule has 1 aromatic rings. The maximum atomic E-state index is 12.6. The average Bonchev–Trinajstić information content (AvgIpc) is 2.38. The van der Waals surface area contributed by atoms with E-state index in [1.165, 1.54) is 0 Å². The van der Waals surface area contributed by atoms with Crippen LogP contribution in [0.25, 0.3) is 0 Å². The van der Waals surface area contributed by atoms with Gasteiger partial charge in [0.05, 0.1) is 5.56 Å². The van der Waals surface area contributed by atoms with E-state index in [0.717, 1.165) is 18.3 Å². The first-order valence-electron chi connectivity index (χ1n) is 5.94. The molecule has 0 amide bonds. The highest BCUT2D eigenvalue weighted by Gasteiger charge is 2.32. The third-order valence-corrected chi connectivity index (χ3v) is 3.29. The SMILES string of the molecule is FC(F)C1CCN(c2cc(C(F)(F)F)ccn2)CC1. The van der Waals surface area contributed by atoms with Crippen molar-refractivity contribution in [3.05, 3.63) is 23.9 Å². The van der Waals surface area contributed by atoms with Gasteiger partial charge in [0.25, 0.3) is 0 Å². The molecule has 1 aliphatic rings. The second-order valence-corrected chi connectivity index (χ2v) is 4.56. The van der Waals surface area contributed by atoms with Crippen LogP contribution in [0.5, 0.6) is 0 Å².